The standard InChI is InChI=1S/C11H14BrN.ClH/c1-8(13)11(6-7-11)9-2-4-10(12)5-3-9;/h2-5,8H,6-7,13H2,1H3;1H. The summed E-state index contributed by atoms with van der Waals surface area (Å²) in [5.41, 5.74) is 7.68. The molecule has 0 aromatic heterocycles. The highest BCUT2D eigenvalue weighted by Crippen LogP contribution is 2.50. The van der Waals surface area contributed by atoms with E-state index < -0.39 is 0 Å². The van der Waals surface area contributed by atoms with Gasteiger partial charge in [-0.05, 0) is 37.5 Å². The van der Waals surface area contributed by atoms with Crippen LogP contribution in [-0.4, -0.2) is 6.04 Å². The molecule has 1 aliphatic rings. The fourth-order valence-corrected chi connectivity index (χ4v) is 2.19. The van der Waals surface area contributed by atoms with Gasteiger partial charge in [-0.2, -0.15) is 0 Å². The third kappa shape index (κ3) is 1.97. The molecule has 0 heterocycles. The first kappa shape index (κ1) is 12.0. The molecule has 0 aliphatic heterocycles. The highest BCUT2D eigenvalue weighted by atomic mass is 79.9. The quantitative estimate of drug-likeness (QED) is 0.882. The molecule has 1 aromatic carbocycles. The summed E-state index contributed by atoms with van der Waals surface area (Å²) in [5.74, 6) is 0. The molecule has 1 aromatic rings. The summed E-state index contributed by atoms with van der Waals surface area (Å²) in [7, 11) is 0. The summed E-state index contributed by atoms with van der Waals surface area (Å²) in [5, 5.41) is 0. The zero-order valence-electron chi connectivity index (χ0n) is 8.16. The van der Waals surface area contributed by atoms with Crippen LogP contribution in [0.25, 0.3) is 0 Å². The molecular weight excluding hydrogens is 261 g/mol. The molecular formula is C11H15BrClN. The van der Waals surface area contributed by atoms with E-state index in [1.54, 1.807) is 0 Å². The van der Waals surface area contributed by atoms with Crippen LogP contribution in [0.1, 0.15) is 25.3 Å². The number of benzene rings is 1. The molecule has 2 rings (SSSR count). The van der Waals surface area contributed by atoms with Crippen molar-refractivity contribution >= 4 is 28.3 Å². The van der Waals surface area contributed by atoms with Crippen molar-refractivity contribution in [2.75, 3.05) is 0 Å². The minimum atomic E-state index is 0. The van der Waals surface area contributed by atoms with Crippen molar-refractivity contribution in [1.82, 2.24) is 0 Å². The monoisotopic (exact) mass is 275 g/mol. The molecule has 1 unspecified atom stereocenters. The fourth-order valence-electron chi connectivity index (χ4n) is 1.92. The van der Waals surface area contributed by atoms with E-state index in [2.05, 4.69) is 47.1 Å². The van der Waals surface area contributed by atoms with Gasteiger partial charge in [0.1, 0.15) is 0 Å². The second-order valence-electron chi connectivity index (χ2n) is 3.95. The Labute approximate surface area is 99.6 Å². The van der Waals surface area contributed by atoms with E-state index in [4.69, 9.17) is 5.73 Å². The van der Waals surface area contributed by atoms with E-state index in [-0.39, 0.29) is 18.4 Å². The maximum atomic E-state index is 5.99. The van der Waals surface area contributed by atoms with Gasteiger partial charge in [-0.3, -0.25) is 0 Å². The van der Waals surface area contributed by atoms with Crippen molar-refractivity contribution in [2.24, 2.45) is 5.73 Å². The molecule has 0 radical (unpaired) electrons. The molecule has 0 saturated heterocycles. The van der Waals surface area contributed by atoms with Crippen LogP contribution in [-0.2, 0) is 5.41 Å². The van der Waals surface area contributed by atoms with Crippen LogP contribution >= 0.6 is 28.3 Å². The van der Waals surface area contributed by atoms with Gasteiger partial charge < -0.3 is 5.73 Å². The van der Waals surface area contributed by atoms with Crippen LogP contribution in [0.3, 0.4) is 0 Å². The Kier molecular flexibility index (Phi) is 3.62. The molecule has 2 N–H and O–H groups in total. The predicted molar refractivity (Wildman–Crippen MR) is 66.0 cm³/mol. The zero-order chi connectivity index (χ0) is 9.47. The Morgan fingerprint density at radius 1 is 1.29 bits per heavy atom. The number of halogens is 2. The summed E-state index contributed by atoms with van der Waals surface area (Å²) in [4.78, 5) is 0. The van der Waals surface area contributed by atoms with Crippen molar-refractivity contribution in [3.8, 4) is 0 Å². The lowest BCUT2D eigenvalue weighted by Gasteiger charge is -2.19. The smallest absolute Gasteiger partial charge is 0.0175 e. The molecule has 0 amide bonds. The van der Waals surface area contributed by atoms with Crippen LogP contribution in [0.15, 0.2) is 28.7 Å². The Morgan fingerprint density at radius 3 is 2.14 bits per heavy atom. The van der Waals surface area contributed by atoms with Crippen molar-refractivity contribution in [2.45, 2.75) is 31.2 Å². The third-order valence-corrected chi connectivity index (χ3v) is 3.61. The van der Waals surface area contributed by atoms with Crippen LogP contribution in [0, 0.1) is 0 Å². The molecule has 1 nitrogen and oxygen atoms in total. The van der Waals surface area contributed by atoms with Crippen LogP contribution in [0.5, 0.6) is 0 Å². The molecule has 3 heteroatoms. The number of hydrogen-bond donors (Lipinski definition) is 1. The van der Waals surface area contributed by atoms with Gasteiger partial charge in [0, 0.05) is 15.9 Å². The first-order chi connectivity index (χ1) is 6.15. The maximum Gasteiger partial charge on any atom is 0.0175 e. The van der Waals surface area contributed by atoms with E-state index in [9.17, 15) is 0 Å². The van der Waals surface area contributed by atoms with E-state index in [1.807, 2.05) is 0 Å². The van der Waals surface area contributed by atoms with Crippen molar-refractivity contribution in [3.63, 3.8) is 0 Å². The van der Waals surface area contributed by atoms with Crippen molar-refractivity contribution in [3.05, 3.63) is 34.3 Å². The van der Waals surface area contributed by atoms with Gasteiger partial charge in [0.05, 0.1) is 0 Å². The van der Waals surface area contributed by atoms with Gasteiger partial charge in [-0.25, -0.2) is 0 Å². The molecule has 1 saturated carbocycles. The topological polar surface area (TPSA) is 26.0 Å². The summed E-state index contributed by atoms with van der Waals surface area (Å²) < 4.78 is 1.14. The predicted octanol–water partition coefficient (Wildman–Crippen LogP) is 3.25. The third-order valence-electron chi connectivity index (χ3n) is 3.08. The highest BCUT2D eigenvalue weighted by molar-refractivity contribution is 9.10. The average molecular weight is 277 g/mol. The van der Waals surface area contributed by atoms with Gasteiger partial charge in [0.15, 0.2) is 0 Å². The summed E-state index contributed by atoms with van der Waals surface area (Å²) in [6.45, 7) is 2.11. The Balaban J connectivity index is 0.000000980. The molecule has 1 atom stereocenters. The molecule has 0 bridgehead atoms. The first-order valence-electron chi connectivity index (χ1n) is 4.67. The summed E-state index contributed by atoms with van der Waals surface area (Å²) >= 11 is 3.44. The van der Waals surface area contributed by atoms with Gasteiger partial charge in [-0.15, -0.1) is 12.4 Å². The van der Waals surface area contributed by atoms with Crippen molar-refractivity contribution < 1.29 is 0 Å². The molecule has 14 heavy (non-hydrogen) atoms. The fraction of sp³-hybridized carbons (Fsp3) is 0.455. The van der Waals surface area contributed by atoms with Crippen LogP contribution in [0.4, 0.5) is 0 Å². The normalized spacial score (nSPS) is 19.6. The largest absolute Gasteiger partial charge is 0.327 e. The summed E-state index contributed by atoms with van der Waals surface area (Å²) in [6.07, 6.45) is 2.48. The summed E-state index contributed by atoms with van der Waals surface area (Å²) in [6, 6.07) is 8.82. The zero-order valence-corrected chi connectivity index (χ0v) is 10.6. The molecule has 1 fully saturated rings. The molecule has 0 spiro atoms. The lowest BCUT2D eigenvalue weighted by atomic mass is 9.90. The van der Waals surface area contributed by atoms with E-state index >= 15 is 0 Å². The van der Waals surface area contributed by atoms with Crippen LogP contribution in [0.2, 0.25) is 0 Å². The van der Waals surface area contributed by atoms with Gasteiger partial charge in [0.2, 0.25) is 0 Å². The van der Waals surface area contributed by atoms with Gasteiger partial charge in [-0.1, -0.05) is 28.1 Å². The van der Waals surface area contributed by atoms with E-state index in [0.717, 1.165) is 4.47 Å². The van der Waals surface area contributed by atoms with E-state index in [0.29, 0.717) is 5.41 Å². The maximum absolute atomic E-state index is 5.99. The average Bonchev–Trinajstić information content (AvgIpc) is 2.86. The second kappa shape index (κ2) is 4.21. The minimum absolute atomic E-state index is 0. The van der Waals surface area contributed by atoms with Gasteiger partial charge in [0.25, 0.3) is 0 Å². The van der Waals surface area contributed by atoms with Gasteiger partial charge >= 0.3 is 0 Å². The second-order valence-corrected chi connectivity index (χ2v) is 4.87. The molecule has 1 aliphatic carbocycles. The number of hydrogen-bond acceptors (Lipinski definition) is 1. The highest BCUT2D eigenvalue weighted by Gasteiger charge is 2.47. The van der Waals surface area contributed by atoms with Crippen LogP contribution < -0.4 is 5.73 Å². The lowest BCUT2D eigenvalue weighted by molar-refractivity contribution is 0.556. The molecule has 78 valence electrons. The SMILES string of the molecule is CC(N)C1(c2ccc(Br)cc2)CC1.Cl. The number of rotatable bonds is 2. The van der Waals surface area contributed by atoms with Crippen molar-refractivity contribution in [1.29, 1.82) is 0 Å². The van der Waals surface area contributed by atoms with E-state index in [1.165, 1.54) is 18.4 Å². The lowest BCUT2D eigenvalue weighted by Crippen LogP contribution is -2.31. The Morgan fingerprint density at radius 2 is 1.79 bits per heavy atom. The Bertz CT molecular complexity index is 304. The number of nitrogens with two attached hydrogens (primary N) is 1. The first-order valence-corrected chi connectivity index (χ1v) is 5.46. The Hall–Kier alpha value is -0.0500. The minimum Gasteiger partial charge on any atom is -0.327 e.